The van der Waals surface area contributed by atoms with Crippen molar-refractivity contribution in [3.8, 4) is 0 Å². The van der Waals surface area contributed by atoms with Crippen LogP contribution in [0.4, 0.5) is 15.8 Å². The summed E-state index contributed by atoms with van der Waals surface area (Å²) in [5.74, 6) is -1.16. The highest BCUT2D eigenvalue weighted by molar-refractivity contribution is 14.1. The number of carbonyl (C=O) groups is 1. The fourth-order valence-corrected chi connectivity index (χ4v) is 3.26. The van der Waals surface area contributed by atoms with Crippen molar-refractivity contribution in [2.45, 2.75) is 32.5 Å². The molecule has 28 heavy (non-hydrogen) atoms. The third-order valence-electron chi connectivity index (χ3n) is 4.15. The van der Waals surface area contributed by atoms with Gasteiger partial charge in [-0.15, -0.1) is 0 Å². The van der Waals surface area contributed by atoms with Crippen LogP contribution >= 0.6 is 38.5 Å². The van der Waals surface area contributed by atoms with Crippen molar-refractivity contribution in [3.05, 3.63) is 55.3 Å². The van der Waals surface area contributed by atoms with Crippen LogP contribution in [-0.2, 0) is 4.84 Å². The fourth-order valence-electron chi connectivity index (χ4n) is 2.27. The SMILES string of the molecule is Cc1cc(I)ccc1Nc1cc(F)c(Br)cc1C(=O)NOC(C)(C)C(O)CO. The first-order valence-corrected chi connectivity index (χ1v) is 10.2. The van der Waals surface area contributed by atoms with Gasteiger partial charge in [0, 0.05) is 9.26 Å². The van der Waals surface area contributed by atoms with Crippen molar-refractivity contribution >= 4 is 55.8 Å². The number of aryl methyl sites for hydroxylation is 1. The molecule has 0 aliphatic rings. The minimum Gasteiger partial charge on any atom is -0.394 e. The van der Waals surface area contributed by atoms with Gasteiger partial charge in [-0.25, -0.2) is 9.87 Å². The summed E-state index contributed by atoms with van der Waals surface area (Å²) < 4.78 is 15.3. The number of carbonyl (C=O) groups excluding carboxylic acids is 1. The molecule has 0 heterocycles. The lowest BCUT2D eigenvalue weighted by molar-refractivity contribution is -0.144. The van der Waals surface area contributed by atoms with E-state index >= 15 is 0 Å². The predicted molar refractivity (Wildman–Crippen MR) is 117 cm³/mol. The molecule has 0 saturated heterocycles. The Kier molecular flexibility index (Phi) is 7.80. The highest BCUT2D eigenvalue weighted by atomic mass is 127. The normalized spacial score (nSPS) is 12.6. The highest BCUT2D eigenvalue weighted by Gasteiger charge is 2.30. The number of aliphatic hydroxyl groups is 2. The number of nitrogens with one attached hydrogen (secondary N) is 2. The van der Waals surface area contributed by atoms with Gasteiger partial charge in [-0.05, 0) is 95.2 Å². The lowest BCUT2D eigenvalue weighted by atomic mass is 10.0. The van der Waals surface area contributed by atoms with Crippen molar-refractivity contribution in [1.82, 2.24) is 5.48 Å². The van der Waals surface area contributed by atoms with Gasteiger partial charge in [-0.2, -0.15) is 0 Å². The molecule has 6 nitrogen and oxygen atoms in total. The molecular weight excluding hydrogens is 546 g/mol. The standard InChI is InChI=1S/C19H21BrFIN2O4/c1-10-6-11(22)4-5-15(10)23-16-8-14(21)13(20)7-12(16)18(27)24-28-19(2,3)17(26)9-25/h4-8,17,23,25-26H,9H2,1-3H3,(H,24,27). The maximum Gasteiger partial charge on any atom is 0.277 e. The second-order valence-electron chi connectivity index (χ2n) is 6.73. The number of hydrogen-bond acceptors (Lipinski definition) is 5. The molecule has 1 atom stereocenters. The molecule has 1 amide bonds. The zero-order valence-corrected chi connectivity index (χ0v) is 19.3. The first kappa shape index (κ1) is 23.0. The van der Waals surface area contributed by atoms with Crippen LogP contribution in [0.1, 0.15) is 29.8 Å². The van der Waals surface area contributed by atoms with Gasteiger partial charge < -0.3 is 15.5 Å². The third kappa shape index (κ3) is 5.63. The molecule has 0 aliphatic heterocycles. The van der Waals surface area contributed by atoms with Crippen LogP contribution < -0.4 is 10.8 Å². The van der Waals surface area contributed by atoms with Crippen LogP contribution in [0.15, 0.2) is 34.8 Å². The second-order valence-corrected chi connectivity index (χ2v) is 8.83. The van der Waals surface area contributed by atoms with Gasteiger partial charge in [-0.1, -0.05) is 0 Å². The van der Waals surface area contributed by atoms with E-state index in [0.717, 1.165) is 14.8 Å². The number of halogens is 3. The van der Waals surface area contributed by atoms with E-state index in [1.165, 1.54) is 26.0 Å². The van der Waals surface area contributed by atoms with Gasteiger partial charge in [0.25, 0.3) is 5.91 Å². The molecule has 0 spiro atoms. The van der Waals surface area contributed by atoms with E-state index in [1.54, 1.807) is 0 Å². The van der Waals surface area contributed by atoms with Crippen molar-refractivity contribution in [1.29, 1.82) is 0 Å². The van der Waals surface area contributed by atoms with Gasteiger partial charge in [0.05, 0.1) is 22.3 Å². The number of hydroxylamine groups is 1. The molecule has 9 heteroatoms. The summed E-state index contributed by atoms with van der Waals surface area (Å²) in [7, 11) is 0. The molecule has 0 radical (unpaired) electrons. The average Bonchev–Trinajstić information content (AvgIpc) is 2.64. The summed E-state index contributed by atoms with van der Waals surface area (Å²) in [5, 5.41) is 21.9. The Morgan fingerprint density at radius 1 is 1.32 bits per heavy atom. The van der Waals surface area contributed by atoms with E-state index < -0.39 is 30.0 Å². The number of aliphatic hydroxyl groups excluding tert-OH is 2. The topological polar surface area (TPSA) is 90.8 Å². The number of amides is 1. The van der Waals surface area contributed by atoms with E-state index in [-0.39, 0.29) is 15.7 Å². The summed E-state index contributed by atoms with van der Waals surface area (Å²) in [6, 6.07) is 8.25. The lowest BCUT2D eigenvalue weighted by Gasteiger charge is -2.28. The number of rotatable bonds is 7. The molecule has 152 valence electrons. The monoisotopic (exact) mass is 566 g/mol. The molecule has 0 saturated carbocycles. The molecule has 2 aromatic carbocycles. The Morgan fingerprint density at radius 3 is 2.61 bits per heavy atom. The lowest BCUT2D eigenvalue weighted by Crippen LogP contribution is -2.46. The summed E-state index contributed by atoms with van der Waals surface area (Å²) in [4.78, 5) is 17.9. The van der Waals surface area contributed by atoms with Crippen molar-refractivity contribution < 1.29 is 24.2 Å². The molecule has 4 N–H and O–H groups in total. The van der Waals surface area contributed by atoms with E-state index in [4.69, 9.17) is 9.94 Å². The minimum absolute atomic E-state index is 0.122. The third-order valence-corrected chi connectivity index (χ3v) is 5.42. The zero-order chi connectivity index (χ0) is 21.1. The predicted octanol–water partition coefficient (Wildman–Crippen LogP) is 4.04. The summed E-state index contributed by atoms with van der Waals surface area (Å²) in [6.45, 7) is 4.41. The Hall–Kier alpha value is -1.27. The number of hydrogen-bond donors (Lipinski definition) is 4. The Bertz CT molecular complexity index is 879. The van der Waals surface area contributed by atoms with Gasteiger partial charge in [-0.3, -0.25) is 9.63 Å². The van der Waals surface area contributed by atoms with Gasteiger partial charge in [0.15, 0.2) is 0 Å². The molecule has 0 aliphatic carbocycles. The number of anilines is 2. The van der Waals surface area contributed by atoms with E-state index in [1.807, 2.05) is 25.1 Å². The van der Waals surface area contributed by atoms with Crippen molar-refractivity contribution in [2.75, 3.05) is 11.9 Å². The van der Waals surface area contributed by atoms with Crippen LogP contribution in [0.2, 0.25) is 0 Å². The van der Waals surface area contributed by atoms with Gasteiger partial charge in [0.2, 0.25) is 0 Å². The largest absolute Gasteiger partial charge is 0.394 e. The van der Waals surface area contributed by atoms with E-state index in [0.29, 0.717) is 0 Å². The van der Waals surface area contributed by atoms with Crippen molar-refractivity contribution in [3.63, 3.8) is 0 Å². The van der Waals surface area contributed by atoms with Crippen LogP contribution in [0.25, 0.3) is 0 Å². The van der Waals surface area contributed by atoms with Crippen LogP contribution in [-0.4, -0.2) is 34.4 Å². The van der Waals surface area contributed by atoms with Crippen LogP contribution in [0.3, 0.4) is 0 Å². The fraction of sp³-hybridized carbons (Fsp3) is 0.316. The Balaban J connectivity index is 2.30. The maximum atomic E-state index is 14.1. The minimum atomic E-state index is -1.22. The summed E-state index contributed by atoms with van der Waals surface area (Å²) in [5.41, 5.74) is 3.10. The second kappa shape index (κ2) is 9.49. The molecule has 0 fully saturated rings. The van der Waals surface area contributed by atoms with Crippen LogP contribution in [0.5, 0.6) is 0 Å². The molecule has 2 rings (SSSR count). The highest BCUT2D eigenvalue weighted by Crippen LogP contribution is 2.29. The number of benzene rings is 2. The van der Waals surface area contributed by atoms with E-state index in [2.05, 4.69) is 49.3 Å². The smallest absolute Gasteiger partial charge is 0.277 e. The molecule has 0 aromatic heterocycles. The van der Waals surface area contributed by atoms with Gasteiger partial charge in [0.1, 0.15) is 17.5 Å². The van der Waals surface area contributed by atoms with Crippen LogP contribution in [0, 0.1) is 16.3 Å². The Labute approximate surface area is 184 Å². The van der Waals surface area contributed by atoms with Crippen molar-refractivity contribution in [2.24, 2.45) is 0 Å². The van der Waals surface area contributed by atoms with Gasteiger partial charge >= 0.3 is 0 Å². The molecule has 0 bridgehead atoms. The maximum absolute atomic E-state index is 14.1. The molecular formula is C19H21BrFIN2O4. The first-order valence-electron chi connectivity index (χ1n) is 8.34. The average molecular weight is 567 g/mol. The summed E-state index contributed by atoms with van der Waals surface area (Å²) >= 11 is 5.28. The first-order chi connectivity index (χ1) is 13.0. The zero-order valence-electron chi connectivity index (χ0n) is 15.5. The Morgan fingerprint density at radius 2 is 2.00 bits per heavy atom. The van der Waals surface area contributed by atoms with E-state index in [9.17, 15) is 14.3 Å². The quantitative estimate of drug-likeness (QED) is 0.300. The molecule has 2 aromatic rings. The summed E-state index contributed by atoms with van der Waals surface area (Å²) in [6.07, 6.45) is -1.19. The molecule has 1 unspecified atom stereocenters.